The minimum atomic E-state index is -0.917. The van der Waals surface area contributed by atoms with E-state index in [9.17, 15) is 9.59 Å². The number of rotatable bonds is 4. The van der Waals surface area contributed by atoms with E-state index in [4.69, 9.17) is 5.11 Å². The SMILES string of the molecule is CC[C@H](C)n1cc(N2C[C@@H](C(=O)O)CC2=O)cn1. The van der Waals surface area contributed by atoms with Crippen molar-refractivity contribution in [3.05, 3.63) is 12.4 Å². The summed E-state index contributed by atoms with van der Waals surface area (Å²) in [5.74, 6) is -1.67. The number of carbonyl (C=O) groups is 2. The second-order valence-corrected chi connectivity index (χ2v) is 4.68. The smallest absolute Gasteiger partial charge is 0.308 e. The second-order valence-electron chi connectivity index (χ2n) is 4.68. The molecule has 6 nitrogen and oxygen atoms in total. The fourth-order valence-corrected chi connectivity index (χ4v) is 2.02. The molecule has 0 aliphatic carbocycles. The largest absolute Gasteiger partial charge is 0.481 e. The first-order valence-electron chi connectivity index (χ1n) is 6.10. The van der Waals surface area contributed by atoms with E-state index in [0.717, 1.165) is 6.42 Å². The van der Waals surface area contributed by atoms with Crippen LogP contribution in [0.1, 0.15) is 32.7 Å². The maximum absolute atomic E-state index is 11.8. The van der Waals surface area contributed by atoms with Gasteiger partial charge in [0, 0.05) is 25.2 Å². The van der Waals surface area contributed by atoms with Crippen molar-refractivity contribution < 1.29 is 14.7 Å². The van der Waals surface area contributed by atoms with Crippen LogP contribution >= 0.6 is 0 Å². The number of carboxylic acid groups (broad SMARTS) is 1. The predicted octanol–water partition coefficient (Wildman–Crippen LogP) is 1.29. The van der Waals surface area contributed by atoms with Gasteiger partial charge in [-0.25, -0.2) is 0 Å². The zero-order valence-electron chi connectivity index (χ0n) is 10.5. The van der Waals surface area contributed by atoms with E-state index < -0.39 is 11.9 Å². The molecular weight excluding hydrogens is 234 g/mol. The van der Waals surface area contributed by atoms with Crippen LogP contribution in [0.15, 0.2) is 12.4 Å². The molecule has 1 aliphatic rings. The van der Waals surface area contributed by atoms with Gasteiger partial charge < -0.3 is 10.0 Å². The van der Waals surface area contributed by atoms with Gasteiger partial charge in [-0.3, -0.25) is 14.3 Å². The summed E-state index contributed by atoms with van der Waals surface area (Å²) >= 11 is 0. The van der Waals surface area contributed by atoms with Crippen LogP contribution < -0.4 is 4.90 Å². The minimum Gasteiger partial charge on any atom is -0.481 e. The standard InChI is InChI=1S/C12H17N3O3/c1-3-8(2)15-7-10(5-13-15)14-6-9(12(17)18)4-11(14)16/h5,7-9H,3-4,6H2,1-2H3,(H,17,18)/t8-,9-/m0/s1. The van der Waals surface area contributed by atoms with Gasteiger partial charge >= 0.3 is 5.97 Å². The van der Waals surface area contributed by atoms with Crippen LogP contribution in [0, 0.1) is 5.92 Å². The third kappa shape index (κ3) is 2.23. The molecule has 1 aliphatic heterocycles. The first-order valence-corrected chi connectivity index (χ1v) is 6.10. The first kappa shape index (κ1) is 12.6. The van der Waals surface area contributed by atoms with Gasteiger partial charge in [-0.05, 0) is 13.3 Å². The van der Waals surface area contributed by atoms with Crippen LogP contribution in [0.2, 0.25) is 0 Å². The summed E-state index contributed by atoms with van der Waals surface area (Å²) in [7, 11) is 0. The first-order chi connectivity index (χ1) is 8.52. The number of nitrogens with zero attached hydrogens (tertiary/aromatic N) is 3. The van der Waals surface area contributed by atoms with E-state index in [1.54, 1.807) is 17.1 Å². The van der Waals surface area contributed by atoms with Gasteiger partial charge in [0.2, 0.25) is 5.91 Å². The minimum absolute atomic E-state index is 0.0733. The summed E-state index contributed by atoms with van der Waals surface area (Å²) in [6, 6.07) is 0.270. The third-order valence-electron chi connectivity index (χ3n) is 3.42. The molecule has 0 spiro atoms. The maximum atomic E-state index is 11.8. The van der Waals surface area contributed by atoms with Crippen molar-refractivity contribution in [2.24, 2.45) is 5.92 Å². The number of carbonyl (C=O) groups excluding carboxylic acids is 1. The van der Waals surface area contributed by atoms with Crippen LogP contribution in [-0.2, 0) is 9.59 Å². The number of anilines is 1. The Morgan fingerprint density at radius 1 is 1.67 bits per heavy atom. The highest BCUT2D eigenvalue weighted by molar-refractivity contribution is 5.98. The van der Waals surface area contributed by atoms with Crippen LogP contribution in [0.25, 0.3) is 0 Å². The molecule has 1 aromatic rings. The van der Waals surface area contributed by atoms with E-state index >= 15 is 0 Å². The summed E-state index contributed by atoms with van der Waals surface area (Å²) in [5.41, 5.74) is 0.684. The zero-order valence-corrected chi connectivity index (χ0v) is 10.5. The van der Waals surface area contributed by atoms with Crippen molar-refractivity contribution in [2.75, 3.05) is 11.4 Å². The molecule has 0 radical (unpaired) electrons. The Kier molecular flexibility index (Phi) is 3.36. The Morgan fingerprint density at radius 3 is 2.94 bits per heavy atom. The Bertz CT molecular complexity index is 469. The Labute approximate surface area is 105 Å². The quantitative estimate of drug-likeness (QED) is 0.875. The van der Waals surface area contributed by atoms with Gasteiger partial charge in [-0.2, -0.15) is 5.10 Å². The van der Waals surface area contributed by atoms with Gasteiger partial charge in [0.1, 0.15) is 0 Å². The highest BCUT2D eigenvalue weighted by Gasteiger charge is 2.35. The normalized spacial score (nSPS) is 21.3. The molecule has 1 saturated heterocycles. The third-order valence-corrected chi connectivity index (χ3v) is 3.42. The molecule has 6 heteroatoms. The van der Waals surface area contributed by atoms with Crippen LogP contribution in [-0.4, -0.2) is 33.3 Å². The van der Waals surface area contributed by atoms with Gasteiger partial charge in [-0.1, -0.05) is 6.92 Å². The van der Waals surface area contributed by atoms with Crippen molar-refractivity contribution >= 4 is 17.6 Å². The van der Waals surface area contributed by atoms with Crippen LogP contribution in [0.5, 0.6) is 0 Å². The maximum Gasteiger partial charge on any atom is 0.308 e. The van der Waals surface area contributed by atoms with Gasteiger partial charge in [-0.15, -0.1) is 0 Å². The molecule has 1 N–H and O–H groups in total. The summed E-state index contributed by atoms with van der Waals surface area (Å²) in [6.45, 7) is 4.34. The molecule has 18 heavy (non-hydrogen) atoms. The molecule has 0 aromatic carbocycles. The van der Waals surface area contributed by atoms with E-state index in [2.05, 4.69) is 12.0 Å². The number of aromatic nitrogens is 2. The molecule has 2 heterocycles. The lowest BCUT2D eigenvalue weighted by Crippen LogP contribution is -2.25. The molecule has 1 fully saturated rings. The number of hydrogen-bond donors (Lipinski definition) is 1. The van der Waals surface area contributed by atoms with Crippen LogP contribution in [0.4, 0.5) is 5.69 Å². The summed E-state index contributed by atoms with van der Waals surface area (Å²) in [5, 5.41) is 13.1. The molecule has 0 unspecified atom stereocenters. The Morgan fingerprint density at radius 2 is 2.39 bits per heavy atom. The second kappa shape index (κ2) is 4.80. The van der Waals surface area contributed by atoms with Crippen molar-refractivity contribution in [3.63, 3.8) is 0 Å². The molecule has 1 aromatic heterocycles. The fraction of sp³-hybridized carbons (Fsp3) is 0.583. The molecular formula is C12H17N3O3. The topological polar surface area (TPSA) is 75.4 Å². The molecule has 1 amide bonds. The van der Waals surface area contributed by atoms with Crippen LogP contribution in [0.3, 0.4) is 0 Å². The number of carboxylic acids is 1. The Balaban J connectivity index is 2.15. The van der Waals surface area contributed by atoms with E-state index in [0.29, 0.717) is 5.69 Å². The van der Waals surface area contributed by atoms with Crippen molar-refractivity contribution in [1.82, 2.24) is 9.78 Å². The van der Waals surface area contributed by atoms with E-state index in [1.165, 1.54) is 4.90 Å². The zero-order chi connectivity index (χ0) is 13.3. The monoisotopic (exact) mass is 251 g/mol. The molecule has 0 saturated carbocycles. The molecule has 98 valence electrons. The van der Waals surface area contributed by atoms with Gasteiger partial charge in [0.25, 0.3) is 0 Å². The van der Waals surface area contributed by atoms with Crippen molar-refractivity contribution in [1.29, 1.82) is 0 Å². The van der Waals surface area contributed by atoms with Gasteiger partial charge in [0.05, 0.1) is 17.8 Å². The van der Waals surface area contributed by atoms with E-state index in [1.807, 2.05) is 6.92 Å². The van der Waals surface area contributed by atoms with Crippen molar-refractivity contribution in [2.45, 2.75) is 32.7 Å². The van der Waals surface area contributed by atoms with Crippen molar-refractivity contribution in [3.8, 4) is 0 Å². The van der Waals surface area contributed by atoms with E-state index in [-0.39, 0.29) is 24.9 Å². The number of hydrogen-bond acceptors (Lipinski definition) is 3. The molecule has 2 atom stereocenters. The number of amides is 1. The average Bonchev–Trinajstić information content (AvgIpc) is 2.94. The number of aliphatic carboxylic acids is 1. The molecule has 2 rings (SSSR count). The highest BCUT2D eigenvalue weighted by atomic mass is 16.4. The average molecular weight is 251 g/mol. The molecule has 0 bridgehead atoms. The summed E-state index contributed by atoms with van der Waals surface area (Å²) < 4.78 is 1.80. The highest BCUT2D eigenvalue weighted by Crippen LogP contribution is 2.25. The predicted molar refractivity (Wildman–Crippen MR) is 65.3 cm³/mol. The fourth-order valence-electron chi connectivity index (χ4n) is 2.02. The Hall–Kier alpha value is -1.85. The lowest BCUT2D eigenvalue weighted by molar-refractivity contribution is -0.141. The lowest BCUT2D eigenvalue weighted by atomic mass is 10.1. The van der Waals surface area contributed by atoms with Gasteiger partial charge in [0.15, 0.2) is 0 Å². The summed E-state index contributed by atoms with van der Waals surface area (Å²) in [6.07, 6.45) is 4.45. The lowest BCUT2D eigenvalue weighted by Gasteiger charge is -2.13. The summed E-state index contributed by atoms with van der Waals surface area (Å²) in [4.78, 5) is 24.2.